The molecular weight excluding hydrogens is 321 g/mol. The van der Waals surface area contributed by atoms with E-state index in [1.807, 2.05) is 13.8 Å². The van der Waals surface area contributed by atoms with E-state index in [1.54, 1.807) is 0 Å². The van der Waals surface area contributed by atoms with Crippen LogP contribution in [0.3, 0.4) is 0 Å². The highest BCUT2D eigenvalue weighted by molar-refractivity contribution is 5.85. The Morgan fingerprint density at radius 2 is 2.05 bits per heavy atom. The maximum atomic E-state index is 12.9. The predicted octanol–water partition coefficient (Wildman–Crippen LogP) is 2.19. The number of aryl methyl sites for hydroxylation is 1. The standard InChI is InChI=1S/C13H21F3N4O.ClH/c1-5-8(2)10(17)12(21)19(3)6-9-7-20(4)18-11(9)13(14,15)16;/h7-8,10H,5-6,17H2,1-4H3;1H. The van der Waals surface area contributed by atoms with Crippen molar-refractivity contribution in [2.45, 2.75) is 39.0 Å². The van der Waals surface area contributed by atoms with Gasteiger partial charge in [0.1, 0.15) is 0 Å². The molecule has 0 saturated carbocycles. The number of aromatic nitrogens is 2. The third-order valence-electron chi connectivity index (χ3n) is 3.50. The lowest BCUT2D eigenvalue weighted by molar-refractivity contribution is -0.143. The van der Waals surface area contributed by atoms with Crippen molar-refractivity contribution in [1.29, 1.82) is 0 Å². The predicted molar refractivity (Wildman–Crippen MR) is 79.4 cm³/mol. The van der Waals surface area contributed by atoms with Crippen molar-refractivity contribution in [3.05, 3.63) is 17.5 Å². The number of hydrogen-bond donors (Lipinski definition) is 1. The number of carbonyl (C=O) groups excluding carboxylic acids is 1. The molecule has 1 rings (SSSR count). The molecule has 0 spiro atoms. The monoisotopic (exact) mass is 342 g/mol. The Hall–Kier alpha value is -1.28. The molecule has 0 fully saturated rings. The first-order chi connectivity index (χ1) is 9.57. The van der Waals surface area contributed by atoms with Crippen LogP contribution in [0.25, 0.3) is 0 Å². The third-order valence-corrected chi connectivity index (χ3v) is 3.50. The lowest BCUT2D eigenvalue weighted by atomic mass is 9.99. The first kappa shape index (κ1) is 20.7. The average molecular weight is 343 g/mol. The molecule has 1 aromatic rings. The minimum absolute atomic E-state index is 0. The van der Waals surface area contributed by atoms with Crippen LogP contribution in [0.1, 0.15) is 31.5 Å². The quantitative estimate of drug-likeness (QED) is 0.892. The molecular formula is C13H22ClF3N4O. The Labute approximate surface area is 134 Å². The summed E-state index contributed by atoms with van der Waals surface area (Å²) in [6.07, 6.45) is -2.55. The molecule has 0 bridgehead atoms. The van der Waals surface area contributed by atoms with Gasteiger partial charge in [0.25, 0.3) is 0 Å². The van der Waals surface area contributed by atoms with E-state index in [2.05, 4.69) is 5.10 Å². The summed E-state index contributed by atoms with van der Waals surface area (Å²) >= 11 is 0. The summed E-state index contributed by atoms with van der Waals surface area (Å²) in [4.78, 5) is 13.3. The zero-order valence-corrected chi connectivity index (χ0v) is 13.8. The molecule has 1 heterocycles. The number of halogens is 4. The number of carbonyl (C=O) groups is 1. The molecule has 0 aromatic carbocycles. The van der Waals surface area contributed by atoms with E-state index < -0.39 is 17.9 Å². The maximum absolute atomic E-state index is 12.9. The van der Waals surface area contributed by atoms with Crippen LogP contribution in [0.15, 0.2) is 6.20 Å². The van der Waals surface area contributed by atoms with E-state index in [0.29, 0.717) is 0 Å². The smallest absolute Gasteiger partial charge is 0.340 e. The van der Waals surface area contributed by atoms with Gasteiger partial charge in [0.15, 0.2) is 5.69 Å². The topological polar surface area (TPSA) is 64.2 Å². The van der Waals surface area contributed by atoms with E-state index in [9.17, 15) is 18.0 Å². The summed E-state index contributed by atoms with van der Waals surface area (Å²) in [5, 5.41) is 3.41. The fourth-order valence-corrected chi connectivity index (χ4v) is 1.98. The molecule has 5 nitrogen and oxygen atoms in total. The average Bonchev–Trinajstić information content (AvgIpc) is 2.76. The van der Waals surface area contributed by atoms with Crippen LogP contribution < -0.4 is 5.73 Å². The van der Waals surface area contributed by atoms with Gasteiger partial charge in [-0.3, -0.25) is 9.48 Å². The fraction of sp³-hybridized carbons (Fsp3) is 0.692. The molecule has 1 amide bonds. The number of nitrogens with zero attached hydrogens (tertiary/aromatic N) is 3. The molecule has 1 aromatic heterocycles. The molecule has 0 saturated heterocycles. The van der Waals surface area contributed by atoms with Crippen molar-refractivity contribution >= 4 is 18.3 Å². The summed E-state index contributed by atoms with van der Waals surface area (Å²) in [5.74, 6) is -0.405. The first-order valence-corrected chi connectivity index (χ1v) is 6.68. The van der Waals surface area contributed by atoms with Crippen LogP contribution in [-0.2, 0) is 24.6 Å². The molecule has 2 unspecified atom stereocenters. The second-order valence-corrected chi connectivity index (χ2v) is 5.28. The van der Waals surface area contributed by atoms with Crippen LogP contribution in [0.5, 0.6) is 0 Å². The lowest BCUT2D eigenvalue weighted by Gasteiger charge is -2.24. The van der Waals surface area contributed by atoms with Crippen molar-refractivity contribution in [3.63, 3.8) is 0 Å². The number of likely N-dealkylation sites (N-methyl/N-ethyl adjacent to an activating group) is 1. The van der Waals surface area contributed by atoms with E-state index in [0.717, 1.165) is 11.1 Å². The van der Waals surface area contributed by atoms with Crippen LogP contribution in [0.4, 0.5) is 13.2 Å². The third kappa shape index (κ3) is 4.88. The van der Waals surface area contributed by atoms with Crippen LogP contribution in [0, 0.1) is 5.92 Å². The highest BCUT2D eigenvalue weighted by atomic mass is 35.5. The number of hydrogen-bond acceptors (Lipinski definition) is 3. The second kappa shape index (κ2) is 7.82. The molecule has 22 heavy (non-hydrogen) atoms. The Kier molecular flexibility index (Phi) is 7.37. The Bertz CT molecular complexity index is 504. The second-order valence-electron chi connectivity index (χ2n) is 5.28. The molecule has 128 valence electrons. The Morgan fingerprint density at radius 3 is 2.50 bits per heavy atom. The van der Waals surface area contributed by atoms with Gasteiger partial charge in [0.2, 0.25) is 5.91 Å². The highest BCUT2D eigenvalue weighted by Gasteiger charge is 2.37. The summed E-state index contributed by atoms with van der Waals surface area (Å²) < 4.78 is 39.6. The van der Waals surface area contributed by atoms with Gasteiger partial charge < -0.3 is 10.6 Å². The van der Waals surface area contributed by atoms with Crippen molar-refractivity contribution in [2.24, 2.45) is 18.7 Å². The van der Waals surface area contributed by atoms with E-state index in [4.69, 9.17) is 5.73 Å². The first-order valence-electron chi connectivity index (χ1n) is 6.68. The van der Waals surface area contributed by atoms with Crippen LogP contribution in [0.2, 0.25) is 0 Å². The van der Waals surface area contributed by atoms with Gasteiger partial charge in [-0.15, -0.1) is 12.4 Å². The summed E-state index contributed by atoms with van der Waals surface area (Å²) in [6, 6.07) is -0.717. The van der Waals surface area contributed by atoms with E-state index in [-0.39, 0.29) is 36.3 Å². The SMILES string of the molecule is CCC(C)C(N)C(=O)N(C)Cc1cn(C)nc1C(F)(F)F.Cl. The van der Waals surface area contributed by atoms with Gasteiger partial charge in [-0.1, -0.05) is 20.3 Å². The van der Waals surface area contributed by atoms with E-state index >= 15 is 0 Å². The van der Waals surface area contributed by atoms with Gasteiger partial charge in [0.05, 0.1) is 6.04 Å². The molecule has 2 N–H and O–H groups in total. The fourth-order valence-electron chi connectivity index (χ4n) is 1.98. The molecule has 0 aliphatic carbocycles. The van der Waals surface area contributed by atoms with Gasteiger partial charge in [-0.25, -0.2) is 0 Å². The summed E-state index contributed by atoms with van der Waals surface area (Å²) in [6.45, 7) is 3.56. The molecule has 0 radical (unpaired) electrons. The van der Waals surface area contributed by atoms with Crippen LogP contribution in [-0.4, -0.2) is 33.7 Å². The maximum Gasteiger partial charge on any atom is 0.435 e. The zero-order valence-electron chi connectivity index (χ0n) is 13.0. The molecule has 9 heteroatoms. The Balaban J connectivity index is 0.00000441. The normalized spacial score (nSPS) is 14.2. The van der Waals surface area contributed by atoms with Crippen LogP contribution >= 0.6 is 12.4 Å². The van der Waals surface area contributed by atoms with Crippen molar-refractivity contribution in [1.82, 2.24) is 14.7 Å². The van der Waals surface area contributed by atoms with Gasteiger partial charge >= 0.3 is 6.18 Å². The minimum atomic E-state index is -4.54. The molecule has 2 atom stereocenters. The number of amides is 1. The van der Waals surface area contributed by atoms with Crippen molar-refractivity contribution < 1.29 is 18.0 Å². The highest BCUT2D eigenvalue weighted by Crippen LogP contribution is 2.31. The molecule has 0 aliphatic rings. The number of nitrogens with two attached hydrogens (primary N) is 1. The van der Waals surface area contributed by atoms with Crippen molar-refractivity contribution in [2.75, 3.05) is 7.05 Å². The number of alkyl halides is 3. The van der Waals surface area contributed by atoms with Gasteiger partial charge in [-0.2, -0.15) is 18.3 Å². The zero-order chi connectivity index (χ0) is 16.4. The Morgan fingerprint density at radius 1 is 1.50 bits per heavy atom. The van der Waals surface area contributed by atoms with Crippen molar-refractivity contribution in [3.8, 4) is 0 Å². The molecule has 0 aliphatic heterocycles. The summed E-state index contributed by atoms with van der Waals surface area (Å²) in [7, 11) is 2.85. The largest absolute Gasteiger partial charge is 0.435 e. The van der Waals surface area contributed by atoms with Gasteiger partial charge in [-0.05, 0) is 5.92 Å². The number of rotatable bonds is 5. The lowest BCUT2D eigenvalue weighted by Crippen LogP contribution is -2.45. The summed E-state index contributed by atoms with van der Waals surface area (Å²) in [5.41, 5.74) is 4.81. The van der Waals surface area contributed by atoms with Gasteiger partial charge in [0, 0.05) is 32.4 Å². The van der Waals surface area contributed by atoms with E-state index in [1.165, 1.54) is 25.2 Å². The minimum Gasteiger partial charge on any atom is -0.340 e.